The second-order valence-electron chi connectivity index (χ2n) is 12.9. The number of carbonyl (C=O) groups excluding carboxylic acids is 4. The molecule has 0 bridgehead atoms. The number of hydrogen-bond acceptors (Lipinski definition) is 7. The average Bonchev–Trinajstić information content (AvgIpc) is 3.21. The summed E-state index contributed by atoms with van der Waals surface area (Å²) in [7, 11) is 0. The van der Waals surface area contributed by atoms with Gasteiger partial charge in [0.2, 0.25) is 0 Å². The minimum Gasteiger partial charge on any atom is -0.466 e. The number of halogens is 2. The highest BCUT2D eigenvalue weighted by atomic mass is 19.1. The zero-order chi connectivity index (χ0) is 31.4. The van der Waals surface area contributed by atoms with Crippen LogP contribution in [0.2, 0.25) is 0 Å². The largest absolute Gasteiger partial charge is 0.466 e. The number of ketones is 2. The SMILES string of the molecule is CCOC(=O)C[C@@H]1C[C@H]2C3C[C@H](F)C4=CC(=O)C=C[C@]4(C)[C@@]3(F)[C@@H](O)C[C@]2(C)[C@@]1(CNC(=O)c1ccccc1)C(=O)CO. The molecule has 5 rings (SSSR count). The van der Waals surface area contributed by atoms with Gasteiger partial charge in [0.05, 0.1) is 18.1 Å². The van der Waals surface area contributed by atoms with Crippen molar-refractivity contribution in [3.8, 4) is 0 Å². The fourth-order valence-electron chi connectivity index (χ4n) is 9.20. The molecule has 4 aliphatic rings. The van der Waals surface area contributed by atoms with E-state index in [2.05, 4.69) is 5.32 Å². The molecule has 43 heavy (non-hydrogen) atoms. The number of aliphatic hydroxyl groups excluding tert-OH is 2. The van der Waals surface area contributed by atoms with Crippen LogP contribution >= 0.6 is 0 Å². The quantitative estimate of drug-likeness (QED) is 0.390. The van der Waals surface area contributed by atoms with Crippen LogP contribution in [-0.4, -0.2) is 71.4 Å². The number of nitrogens with one attached hydrogen (secondary N) is 1. The van der Waals surface area contributed by atoms with Gasteiger partial charge in [-0.05, 0) is 80.2 Å². The first-order valence-electron chi connectivity index (χ1n) is 14.9. The van der Waals surface area contributed by atoms with Crippen LogP contribution in [-0.2, 0) is 19.1 Å². The summed E-state index contributed by atoms with van der Waals surface area (Å²) in [6.07, 6.45) is -0.438. The molecule has 0 aromatic heterocycles. The number of alkyl halides is 2. The van der Waals surface area contributed by atoms with Crippen molar-refractivity contribution in [3.63, 3.8) is 0 Å². The molecule has 0 radical (unpaired) electrons. The lowest BCUT2D eigenvalue weighted by Crippen LogP contribution is -2.70. The van der Waals surface area contributed by atoms with Crippen LogP contribution in [0, 0.1) is 34.0 Å². The smallest absolute Gasteiger partial charge is 0.306 e. The second kappa shape index (κ2) is 11.0. The third kappa shape index (κ3) is 4.43. The van der Waals surface area contributed by atoms with Crippen LogP contribution in [0.5, 0.6) is 0 Å². The van der Waals surface area contributed by atoms with Crippen molar-refractivity contribution in [2.45, 2.75) is 64.4 Å². The Labute approximate surface area is 249 Å². The molecule has 9 atom stereocenters. The molecule has 3 fully saturated rings. The van der Waals surface area contributed by atoms with Gasteiger partial charge in [0.1, 0.15) is 12.8 Å². The van der Waals surface area contributed by atoms with Crippen LogP contribution < -0.4 is 5.32 Å². The third-order valence-electron chi connectivity index (χ3n) is 11.2. The van der Waals surface area contributed by atoms with Gasteiger partial charge in [0.15, 0.2) is 17.2 Å². The molecule has 0 aliphatic heterocycles. The first-order chi connectivity index (χ1) is 20.3. The first kappa shape index (κ1) is 31.2. The van der Waals surface area contributed by atoms with E-state index in [0.717, 1.165) is 6.08 Å². The maximum atomic E-state index is 17.7. The summed E-state index contributed by atoms with van der Waals surface area (Å²) >= 11 is 0. The van der Waals surface area contributed by atoms with E-state index in [1.165, 1.54) is 19.1 Å². The number of carbonyl (C=O) groups is 4. The van der Waals surface area contributed by atoms with Crippen LogP contribution in [0.25, 0.3) is 0 Å². The first-order valence-corrected chi connectivity index (χ1v) is 14.9. The Kier molecular flexibility index (Phi) is 8.01. The number of rotatable bonds is 8. The van der Waals surface area contributed by atoms with Crippen molar-refractivity contribution < 1.29 is 42.9 Å². The van der Waals surface area contributed by atoms with Crippen LogP contribution in [0.3, 0.4) is 0 Å². The van der Waals surface area contributed by atoms with Gasteiger partial charge in [-0.2, -0.15) is 0 Å². The Morgan fingerprint density at radius 3 is 2.47 bits per heavy atom. The molecule has 232 valence electrons. The molecular weight excluding hydrogens is 560 g/mol. The maximum Gasteiger partial charge on any atom is 0.306 e. The zero-order valence-corrected chi connectivity index (χ0v) is 24.6. The number of Topliss-reactive ketones (excluding diaryl/α,β-unsaturated/α-hetero) is 1. The molecule has 0 saturated heterocycles. The Hall–Kier alpha value is -3.24. The van der Waals surface area contributed by atoms with Gasteiger partial charge in [-0.25, -0.2) is 8.78 Å². The van der Waals surface area contributed by atoms with Gasteiger partial charge in [-0.15, -0.1) is 0 Å². The fraction of sp³-hybridized carbons (Fsp3) is 0.576. The molecule has 8 nitrogen and oxygen atoms in total. The predicted molar refractivity (Wildman–Crippen MR) is 152 cm³/mol. The van der Waals surface area contributed by atoms with Crippen molar-refractivity contribution in [2.24, 2.45) is 34.0 Å². The van der Waals surface area contributed by atoms with E-state index in [9.17, 15) is 29.4 Å². The van der Waals surface area contributed by atoms with Crippen molar-refractivity contribution in [1.29, 1.82) is 0 Å². The number of aliphatic hydroxyl groups is 2. The Bertz CT molecular complexity index is 1380. The van der Waals surface area contributed by atoms with Gasteiger partial charge in [0, 0.05) is 29.9 Å². The summed E-state index contributed by atoms with van der Waals surface area (Å²) < 4.78 is 38.8. The number of ether oxygens (including phenoxy) is 1. The molecule has 1 unspecified atom stereocenters. The molecule has 0 heterocycles. The monoisotopic (exact) mass is 599 g/mol. The van der Waals surface area contributed by atoms with Crippen LogP contribution in [0.4, 0.5) is 8.78 Å². The van der Waals surface area contributed by atoms with Gasteiger partial charge in [-0.3, -0.25) is 19.2 Å². The molecule has 3 saturated carbocycles. The normalized spacial score (nSPS) is 39.7. The summed E-state index contributed by atoms with van der Waals surface area (Å²) in [6, 6.07) is 8.32. The van der Waals surface area contributed by atoms with E-state index in [1.807, 2.05) is 0 Å². The average molecular weight is 600 g/mol. The van der Waals surface area contributed by atoms with E-state index in [1.54, 1.807) is 44.2 Å². The molecule has 4 aliphatic carbocycles. The number of amides is 1. The Morgan fingerprint density at radius 2 is 1.81 bits per heavy atom. The molecule has 3 N–H and O–H groups in total. The minimum atomic E-state index is -2.39. The van der Waals surface area contributed by atoms with Crippen molar-refractivity contribution >= 4 is 23.4 Å². The lowest BCUT2D eigenvalue weighted by Gasteiger charge is -2.63. The molecule has 1 aromatic carbocycles. The van der Waals surface area contributed by atoms with E-state index in [-0.39, 0.29) is 44.4 Å². The summed E-state index contributed by atoms with van der Waals surface area (Å²) in [5, 5.41) is 24.8. The van der Waals surface area contributed by atoms with Crippen LogP contribution in [0.15, 0.2) is 54.1 Å². The fourth-order valence-corrected chi connectivity index (χ4v) is 9.20. The number of esters is 1. The molecule has 0 spiro atoms. The van der Waals surface area contributed by atoms with E-state index in [4.69, 9.17) is 4.74 Å². The predicted octanol–water partition coefficient (Wildman–Crippen LogP) is 3.46. The highest BCUT2D eigenvalue weighted by Gasteiger charge is 2.77. The molecule has 1 aromatic rings. The highest BCUT2D eigenvalue weighted by molar-refractivity contribution is 6.01. The number of hydrogen-bond donors (Lipinski definition) is 3. The van der Waals surface area contributed by atoms with Gasteiger partial charge in [-0.1, -0.05) is 31.2 Å². The lowest BCUT2D eigenvalue weighted by molar-refractivity contribution is -0.212. The Balaban J connectivity index is 1.63. The lowest BCUT2D eigenvalue weighted by atomic mass is 9.43. The van der Waals surface area contributed by atoms with Crippen molar-refractivity contribution in [1.82, 2.24) is 5.32 Å². The van der Waals surface area contributed by atoms with Gasteiger partial charge in [0.25, 0.3) is 5.91 Å². The summed E-state index contributed by atoms with van der Waals surface area (Å²) in [5.74, 6) is -4.80. The maximum absolute atomic E-state index is 17.7. The summed E-state index contributed by atoms with van der Waals surface area (Å²) in [5.41, 5.74) is -6.54. The molecular formula is C33H39F2NO7. The van der Waals surface area contributed by atoms with Crippen molar-refractivity contribution in [3.05, 3.63) is 59.7 Å². The van der Waals surface area contributed by atoms with Crippen molar-refractivity contribution in [2.75, 3.05) is 19.8 Å². The summed E-state index contributed by atoms with van der Waals surface area (Å²) in [6.45, 7) is 3.75. The van der Waals surface area contributed by atoms with E-state index >= 15 is 8.78 Å². The molecule has 10 heteroatoms. The second-order valence-corrected chi connectivity index (χ2v) is 12.9. The minimum absolute atomic E-state index is 0.0182. The van der Waals surface area contributed by atoms with Crippen LogP contribution in [0.1, 0.15) is 56.8 Å². The topological polar surface area (TPSA) is 130 Å². The standard InChI is InChI=1S/C33H39F2NO7/c1-4-43-28(41)13-20-12-22-23-15-25(34)24-14-21(38)10-11-30(24,2)33(23,35)26(39)16-31(22,3)32(20,27(40)17-37)18-36-29(42)19-8-6-5-7-9-19/h5-11,14,20,22-23,25-26,37,39H,4,12-13,15-18H2,1-3H3,(H,36,42)/t20-,22-,23?,25-,26-,30-,31-,32+,33-/m0/s1. The number of allylic oxidation sites excluding steroid dienone is 4. The van der Waals surface area contributed by atoms with E-state index in [0.29, 0.717) is 5.56 Å². The third-order valence-corrected chi connectivity index (χ3v) is 11.2. The highest BCUT2D eigenvalue weighted by Crippen LogP contribution is 2.73. The number of benzene rings is 1. The zero-order valence-electron chi connectivity index (χ0n) is 24.6. The van der Waals surface area contributed by atoms with Gasteiger partial charge < -0.3 is 20.3 Å². The Morgan fingerprint density at radius 1 is 1.12 bits per heavy atom. The van der Waals surface area contributed by atoms with Gasteiger partial charge >= 0.3 is 5.97 Å². The summed E-state index contributed by atoms with van der Waals surface area (Å²) in [4.78, 5) is 52.2. The van der Waals surface area contributed by atoms with E-state index < -0.39 is 82.0 Å². The number of fused-ring (bicyclic) bond motifs is 5. The molecule has 1 amide bonds.